The first-order valence-electron chi connectivity index (χ1n) is 8.69. The number of rotatable bonds is 9. The van der Waals surface area contributed by atoms with Gasteiger partial charge in [-0.05, 0) is 61.3 Å². The molecule has 1 aliphatic heterocycles. The minimum absolute atomic E-state index is 0.00308. The normalized spacial score (nSPS) is 20.3. The molecule has 1 aliphatic rings. The largest absolute Gasteiger partial charge is 0.429 e. The van der Waals surface area contributed by atoms with Gasteiger partial charge in [-0.25, -0.2) is 0 Å². The van der Waals surface area contributed by atoms with Crippen LogP contribution in [-0.4, -0.2) is 32.5 Å². The Morgan fingerprint density at radius 3 is 1.56 bits per heavy atom. The van der Waals surface area contributed by atoms with Gasteiger partial charge in [-0.1, -0.05) is 19.7 Å². The van der Waals surface area contributed by atoms with Gasteiger partial charge >= 0.3 is 15.4 Å². The average Bonchev–Trinajstić information content (AvgIpc) is 2.29. The van der Waals surface area contributed by atoms with E-state index in [4.69, 9.17) is 18.6 Å². The number of nitrogens with one attached hydrogen (secondary N) is 1. The lowest BCUT2D eigenvalue weighted by molar-refractivity contribution is -0.283. The van der Waals surface area contributed by atoms with Crippen LogP contribution in [0, 0.1) is 0 Å². The Balaban J connectivity index is 2.94. The van der Waals surface area contributed by atoms with Crippen molar-refractivity contribution in [2.75, 3.05) is 0 Å². The van der Waals surface area contributed by atoms with E-state index in [9.17, 15) is 0 Å². The smallest absolute Gasteiger partial charge is 0.401 e. The van der Waals surface area contributed by atoms with Crippen LogP contribution in [0.3, 0.4) is 0 Å². The Kier molecular flexibility index (Phi) is 6.95. The number of piperidine rings is 1. The molecule has 1 heterocycles. The van der Waals surface area contributed by atoms with Gasteiger partial charge in [0.15, 0.2) is 0 Å². The summed E-state index contributed by atoms with van der Waals surface area (Å²) in [5.41, 5.74) is -1.32. The Labute approximate surface area is 155 Å². The fourth-order valence-corrected chi connectivity index (χ4v) is 5.11. The van der Waals surface area contributed by atoms with Gasteiger partial charge in [0.05, 0.1) is 17.3 Å². The monoisotopic (exact) mass is 369 g/mol. The second-order valence-corrected chi connectivity index (χ2v) is 9.82. The minimum atomic E-state index is -1.43. The molecule has 0 aromatic heterocycles. The van der Waals surface area contributed by atoms with Crippen LogP contribution in [0.25, 0.3) is 0 Å². The highest BCUT2D eigenvalue weighted by molar-refractivity contribution is 6.30. The molecule has 1 saturated heterocycles. The summed E-state index contributed by atoms with van der Waals surface area (Å²) in [5.74, 6) is 1.47. The van der Waals surface area contributed by atoms with E-state index in [1.54, 1.807) is 20.8 Å². The van der Waals surface area contributed by atoms with Crippen molar-refractivity contribution in [1.82, 2.24) is 5.32 Å². The third kappa shape index (κ3) is 7.67. The highest BCUT2D eigenvalue weighted by Gasteiger charge is 2.43. The molecule has 0 atom stereocenters. The molecular weight excluding hydrogens is 334 g/mol. The summed E-state index contributed by atoms with van der Waals surface area (Å²) in [6.07, 6.45) is 1.92. The average molecular weight is 370 g/mol. The maximum atomic E-state index is 6.32. The van der Waals surface area contributed by atoms with E-state index in [0.29, 0.717) is 17.3 Å². The van der Waals surface area contributed by atoms with Crippen molar-refractivity contribution < 1.29 is 18.6 Å². The predicted octanol–water partition coefficient (Wildman–Crippen LogP) is 3.66. The van der Waals surface area contributed by atoms with Crippen molar-refractivity contribution in [3.8, 4) is 0 Å². The van der Waals surface area contributed by atoms with Crippen LogP contribution in [0.4, 0.5) is 0 Å². The van der Waals surface area contributed by atoms with Crippen LogP contribution in [0.15, 0.2) is 37.0 Å². The lowest BCUT2D eigenvalue weighted by atomic mass is 9.81. The number of hydrogen-bond donors (Lipinski definition) is 1. The molecule has 0 aromatic rings. The van der Waals surface area contributed by atoms with Gasteiger partial charge in [0.25, 0.3) is 0 Å². The lowest BCUT2D eigenvalue weighted by Crippen LogP contribution is -2.60. The molecule has 1 fully saturated rings. The molecule has 6 heteroatoms. The molecule has 5 nitrogen and oxygen atoms in total. The molecule has 0 radical (unpaired) electrons. The third-order valence-electron chi connectivity index (χ3n) is 3.64. The van der Waals surface area contributed by atoms with Crippen molar-refractivity contribution in [3.63, 3.8) is 0 Å². The highest BCUT2D eigenvalue weighted by Crippen LogP contribution is 2.32. The molecule has 0 saturated carbocycles. The Morgan fingerprint density at radius 1 is 0.880 bits per heavy atom. The topological polar surface area (TPSA) is 49.0 Å². The van der Waals surface area contributed by atoms with Crippen molar-refractivity contribution in [1.29, 1.82) is 0 Å². The molecule has 25 heavy (non-hydrogen) atoms. The molecule has 0 unspecified atom stereocenters. The van der Waals surface area contributed by atoms with Gasteiger partial charge in [-0.15, -0.1) is 0 Å². The fraction of sp³-hybridized carbons (Fsp3) is 0.684. The zero-order valence-electron chi connectivity index (χ0n) is 17.0. The molecular formula is C19H35NO4Si. The van der Waals surface area contributed by atoms with Crippen molar-refractivity contribution in [3.05, 3.63) is 37.0 Å². The first-order valence-corrected chi connectivity index (χ1v) is 9.97. The van der Waals surface area contributed by atoms with Crippen LogP contribution in [-0.2, 0) is 18.6 Å². The van der Waals surface area contributed by atoms with E-state index in [0.717, 1.165) is 12.8 Å². The van der Waals surface area contributed by atoms with Crippen LogP contribution in [0.5, 0.6) is 0 Å². The number of hydrogen-bond acceptors (Lipinski definition) is 5. The summed E-state index contributed by atoms with van der Waals surface area (Å²) in [5, 5.41) is 3.66. The molecule has 0 aliphatic carbocycles. The number of allylic oxidation sites excluding steroid dienone is 3. The van der Waals surface area contributed by atoms with Crippen LogP contribution in [0.2, 0.25) is 0 Å². The first kappa shape index (κ1) is 21.8. The summed E-state index contributed by atoms with van der Waals surface area (Å²) >= 11 is 0. The zero-order chi connectivity index (χ0) is 19.5. The SMILES string of the molecule is C=C(C)OC(OC(=C)C)(OC(=C)C)[SiH2]OC1CC(C)(C)NC(C)(C)C1. The van der Waals surface area contributed by atoms with Gasteiger partial charge in [0.2, 0.25) is 0 Å². The van der Waals surface area contributed by atoms with E-state index in [1.807, 2.05) is 0 Å². The van der Waals surface area contributed by atoms with E-state index in [2.05, 4.69) is 52.7 Å². The Morgan fingerprint density at radius 2 is 1.24 bits per heavy atom. The van der Waals surface area contributed by atoms with Crippen LogP contribution >= 0.6 is 0 Å². The summed E-state index contributed by atoms with van der Waals surface area (Å²) < 4.78 is 23.8. The van der Waals surface area contributed by atoms with Crippen molar-refractivity contribution in [2.24, 2.45) is 0 Å². The van der Waals surface area contributed by atoms with Gasteiger partial charge in [0, 0.05) is 17.2 Å². The van der Waals surface area contributed by atoms with Gasteiger partial charge in [0.1, 0.15) is 0 Å². The van der Waals surface area contributed by atoms with E-state index < -0.39 is 15.4 Å². The van der Waals surface area contributed by atoms with E-state index >= 15 is 0 Å². The molecule has 0 spiro atoms. The summed E-state index contributed by atoms with van der Waals surface area (Å²) in [4.78, 5) is 0. The van der Waals surface area contributed by atoms with Crippen molar-refractivity contribution >= 4 is 9.76 Å². The van der Waals surface area contributed by atoms with Gasteiger partial charge < -0.3 is 24.0 Å². The van der Waals surface area contributed by atoms with E-state index in [1.165, 1.54) is 0 Å². The third-order valence-corrected chi connectivity index (χ3v) is 5.06. The maximum Gasteiger partial charge on any atom is 0.401 e. The van der Waals surface area contributed by atoms with Gasteiger partial charge in [-0.3, -0.25) is 0 Å². The molecule has 0 amide bonds. The summed E-state index contributed by atoms with van der Waals surface area (Å²) in [6, 6.07) is 0. The Bertz CT molecular complexity index is 471. The van der Waals surface area contributed by atoms with Gasteiger partial charge in [-0.2, -0.15) is 0 Å². The van der Waals surface area contributed by atoms with E-state index in [-0.39, 0.29) is 17.2 Å². The maximum absolute atomic E-state index is 6.32. The molecule has 1 N–H and O–H groups in total. The number of ether oxygens (including phenoxy) is 3. The molecule has 1 rings (SSSR count). The van der Waals surface area contributed by atoms with Crippen LogP contribution < -0.4 is 5.32 Å². The van der Waals surface area contributed by atoms with Crippen molar-refractivity contribution in [2.45, 2.75) is 84.1 Å². The first-order chi connectivity index (χ1) is 11.2. The zero-order valence-corrected chi connectivity index (χ0v) is 18.4. The molecule has 144 valence electrons. The quantitative estimate of drug-likeness (QED) is 0.382. The second-order valence-electron chi connectivity index (χ2n) is 8.33. The predicted molar refractivity (Wildman–Crippen MR) is 104 cm³/mol. The molecule has 0 aromatic carbocycles. The lowest BCUT2D eigenvalue weighted by Gasteiger charge is -2.47. The fourth-order valence-electron chi connectivity index (χ4n) is 3.51. The molecule has 0 bridgehead atoms. The van der Waals surface area contributed by atoms with Crippen LogP contribution in [0.1, 0.15) is 61.3 Å². The highest BCUT2D eigenvalue weighted by atomic mass is 28.2. The standard InChI is InChI=1S/C19H35NO4Si/c1-13(2)21-19(22-14(3)4,23-15(5)6)25-24-16-11-17(7,8)20-18(9,10)12-16/h16,20H,1,3,5,11-12,25H2,2,4,6-10H3. The second kappa shape index (κ2) is 7.97. The Hall–Kier alpha value is -1.24. The summed E-state index contributed by atoms with van der Waals surface area (Å²) in [7, 11) is -1.43. The minimum Gasteiger partial charge on any atom is -0.429 e. The summed E-state index contributed by atoms with van der Waals surface area (Å²) in [6.45, 7) is 25.5.